The average molecular weight is 311 g/mol. The number of nitrogen functional groups attached to an aromatic ring is 1. The second-order valence-corrected chi connectivity index (χ2v) is 4.93. The lowest BCUT2D eigenvalue weighted by Gasteiger charge is -2.01. The van der Waals surface area contributed by atoms with Crippen molar-refractivity contribution in [1.29, 1.82) is 0 Å². The lowest BCUT2D eigenvalue weighted by Crippen LogP contribution is -1.98. The molecule has 23 heavy (non-hydrogen) atoms. The van der Waals surface area contributed by atoms with E-state index in [0.29, 0.717) is 11.1 Å². The number of anilines is 1. The van der Waals surface area contributed by atoms with Gasteiger partial charge in [0.2, 0.25) is 0 Å². The molecular formula is C17H17N3O3. The third-order valence-corrected chi connectivity index (χ3v) is 3.31. The second-order valence-electron chi connectivity index (χ2n) is 4.93. The van der Waals surface area contributed by atoms with E-state index in [0.717, 1.165) is 11.1 Å². The Kier molecular flexibility index (Phi) is 4.75. The average Bonchev–Trinajstić information content (AvgIpc) is 2.52. The molecule has 0 spiro atoms. The highest BCUT2D eigenvalue weighted by Gasteiger charge is 2.06. The largest absolute Gasteiger partial charge is 0.506 e. The summed E-state index contributed by atoms with van der Waals surface area (Å²) >= 11 is 0. The number of benzene rings is 2. The van der Waals surface area contributed by atoms with E-state index in [4.69, 9.17) is 10.8 Å². The number of nitrogens with two attached hydrogens (primary N) is 1. The minimum absolute atomic E-state index is 0.0438. The van der Waals surface area contributed by atoms with Gasteiger partial charge < -0.3 is 15.9 Å². The molecule has 6 nitrogen and oxygen atoms in total. The summed E-state index contributed by atoms with van der Waals surface area (Å²) in [6.07, 6.45) is 1.46. The molecule has 0 fully saturated rings. The Bertz CT molecular complexity index is 822. The number of hydrogen-bond acceptors (Lipinski definition) is 6. The van der Waals surface area contributed by atoms with Gasteiger partial charge >= 0.3 is 0 Å². The lowest BCUT2D eigenvalue weighted by molar-refractivity contribution is 0.101. The standard InChI is InChI=1S/C9H8N2O.C8H9NO2/c1-6-7-3-2-4-8(12)9(7)11-5-10-6;1-5(10)6-3-2-4-7(11)8(6)9/h2-5,12H,1H3;2-4,11H,9H2,1H3. The van der Waals surface area contributed by atoms with Gasteiger partial charge in [-0.2, -0.15) is 0 Å². The number of aryl methyl sites for hydroxylation is 1. The van der Waals surface area contributed by atoms with Gasteiger partial charge in [-0.05, 0) is 32.0 Å². The van der Waals surface area contributed by atoms with Crippen molar-refractivity contribution in [1.82, 2.24) is 9.97 Å². The summed E-state index contributed by atoms with van der Waals surface area (Å²) in [6, 6.07) is 9.91. The number of nitrogens with zero attached hydrogens (tertiary/aromatic N) is 2. The van der Waals surface area contributed by atoms with Crippen LogP contribution in [-0.4, -0.2) is 26.0 Å². The van der Waals surface area contributed by atoms with Gasteiger partial charge in [0.15, 0.2) is 5.78 Å². The Labute approximate surface area is 133 Å². The van der Waals surface area contributed by atoms with Gasteiger partial charge in [0.1, 0.15) is 23.3 Å². The number of phenols is 2. The SMILES string of the molecule is CC(=O)c1cccc(O)c1N.Cc1ncnc2c(O)cccc12. The number of ketones is 1. The fourth-order valence-corrected chi connectivity index (χ4v) is 2.06. The van der Waals surface area contributed by atoms with Gasteiger partial charge in [-0.1, -0.05) is 18.2 Å². The van der Waals surface area contributed by atoms with Crippen LogP contribution in [0.15, 0.2) is 42.7 Å². The van der Waals surface area contributed by atoms with Crippen LogP contribution >= 0.6 is 0 Å². The number of Topliss-reactive ketones (excluding diaryl/α,β-unsaturated/α-hetero) is 1. The molecule has 2 aromatic carbocycles. The van der Waals surface area contributed by atoms with Crippen LogP contribution in [0, 0.1) is 6.92 Å². The predicted octanol–water partition coefficient (Wildman–Crippen LogP) is 2.82. The van der Waals surface area contributed by atoms with Crippen molar-refractivity contribution >= 4 is 22.4 Å². The van der Waals surface area contributed by atoms with E-state index in [1.165, 1.54) is 19.3 Å². The molecule has 0 aliphatic heterocycles. The first kappa shape index (κ1) is 16.2. The number of aromatic hydroxyl groups is 2. The smallest absolute Gasteiger partial charge is 0.162 e. The number of para-hydroxylation sites is 2. The van der Waals surface area contributed by atoms with Crippen LogP contribution in [0.3, 0.4) is 0 Å². The van der Waals surface area contributed by atoms with Crippen LogP contribution in [0.25, 0.3) is 10.9 Å². The summed E-state index contributed by atoms with van der Waals surface area (Å²) < 4.78 is 0. The molecule has 0 aliphatic rings. The molecule has 3 aromatic rings. The molecule has 6 heteroatoms. The summed E-state index contributed by atoms with van der Waals surface area (Å²) in [4.78, 5) is 18.8. The minimum atomic E-state index is -0.140. The molecular weight excluding hydrogens is 294 g/mol. The molecule has 1 heterocycles. The molecule has 0 radical (unpaired) electrons. The van der Waals surface area contributed by atoms with Crippen molar-refractivity contribution in [2.24, 2.45) is 0 Å². The maximum atomic E-state index is 10.8. The molecule has 1 aromatic heterocycles. The first-order chi connectivity index (χ1) is 10.9. The second kappa shape index (κ2) is 6.74. The molecule has 0 bridgehead atoms. The molecule has 4 N–H and O–H groups in total. The molecule has 0 saturated carbocycles. The Morgan fingerprint density at radius 1 is 1.04 bits per heavy atom. The summed E-state index contributed by atoms with van der Waals surface area (Å²) in [7, 11) is 0. The molecule has 0 amide bonds. The van der Waals surface area contributed by atoms with Crippen molar-refractivity contribution in [3.63, 3.8) is 0 Å². The van der Waals surface area contributed by atoms with Crippen LogP contribution in [0.1, 0.15) is 23.0 Å². The van der Waals surface area contributed by atoms with E-state index < -0.39 is 0 Å². The number of fused-ring (bicyclic) bond motifs is 1. The molecule has 3 rings (SSSR count). The molecule has 0 saturated heterocycles. The van der Waals surface area contributed by atoms with Crippen LogP contribution in [0.5, 0.6) is 11.5 Å². The van der Waals surface area contributed by atoms with Crippen LogP contribution < -0.4 is 5.73 Å². The highest BCUT2D eigenvalue weighted by Crippen LogP contribution is 2.23. The number of aromatic nitrogens is 2. The number of carbonyl (C=O) groups is 1. The van der Waals surface area contributed by atoms with E-state index in [1.807, 2.05) is 13.0 Å². The van der Waals surface area contributed by atoms with Crippen LogP contribution in [0.4, 0.5) is 5.69 Å². The summed E-state index contributed by atoms with van der Waals surface area (Å²) in [5, 5.41) is 19.4. The molecule has 0 aliphatic carbocycles. The van der Waals surface area contributed by atoms with Crippen molar-refractivity contribution in [3.8, 4) is 11.5 Å². The van der Waals surface area contributed by atoms with Crippen molar-refractivity contribution in [2.75, 3.05) is 5.73 Å². The number of hydrogen-bond donors (Lipinski definition) is 3. The summed E-state index contributed by atoms with van der Waals surface area (Å²) in [5.74, 6) is 0.0223. The zero-order chi connectivity index (χ0) is 17.0. The van der Waals surface area contributed by atoms with Gasteiger partial charge in [-0.25, -0.2) is 9.97 Å². The Hall–Kier alpha value is -3.15. The maximum absolute atomic E-state index is 10.8. The summed E-state index contributed by atoms with van der Waals surface area (Å²) in [6.45, 7) is 3.30. The lowest BCUT2D eigenvalue weighted by atomic mass is 10.1. The van der Waals surface area contributed by atoms with E-state index in [2.05, 4.69) is 9.97 Å². The van der Waals surface area contributed by atoms with Crippen molar-refractivity contribution < 1.29 is 15.0 Å². The van der Waals surface area contributed by atoms with Gasteiger partial charge in [-0.15, -0.1) is 0 Å². The number of phenolic OH excluding ortho intramolecular Hbond substituents is 2. The van der Waals surface area contributed by atoms with Crippen LogP contribution in [-0.2, 0) is 0 Å². The Balaban J connectivity index is 0.000000168. The number of carbonyl (C=O) groups excluding carboxylic acids is 1. The first-order valence-electron chi connectivity index (χ1n) is 6.89. The van der Waals surface area contributed by atoms with Gasteiger partial charge in [0, 0.05) is 16.6 Å². The van der Waals surface area contributed by atoms with Crippen molar-refractivity contribution in [2.45, 2.75) is 13.8 Å². The number of rotatable bonds is 1. The van der Waals surface area contributed by atoms with Gasteiger partial charge in [-0.3, -0.25) is 4.79 Å². The highest BCUT2D eigenvalue weighted by molar-refractivity contribution is 6.00. The normalized spacial score (nSPS) is 10.0. The first-order valence-corrected chi connectivity index (χ1v) is 6.89. The van der Waals surface area contributed by atoms with E-state index in [-0.39, 0.29) is 23.0 Å². The minimum Gasteiger partial charge on any atom is -0.506 e. The molecule has 0 atom stereocenters. The highest BCUT2D eigenvalue weighted by atomic mass is 16.3. The quantitative estimate of drug-likeness (QED) is 0.362. The van der Waals surface area contributed by atoms with Gasteiger partial charge in [0.05, 0.1) is 5.69 Å². The Morgan fingerprint density at radius 2 is 1.70 bits per heavy atom. The van der Waals surface area contributed by atoms with Crippen molar-refractivity contribution in [3.05, 3.63) is 54.0 Å². The third-order valence-electron chi connectivity index (χ3n) is 3.31. The van der Waals surface area contributed by atoms with Gasteiger partial charge in [0.25, 0.3) is 0 Å². The van der Waals surface area contributed by atoms with E-state index in [1.54, 1.807) is 24.3 Å². The maximum Gasteiger partial charge on any atom is 0.162 e. The topological polar surface area (TPSA) is 109 Å². The van der Waals surface area contributed by atoms with E-state index >= 15 is 0 Å². The zero-order valence-corrected chi connectivity index (χ0v) is 12.8. The monoisotopic (exact) mass is 311 g/mol. The molecule has 0 unspecified atom stereocenters. The third kappa shape index (κ3) is 3.55. The van der Waals surface area contributed by atoms with Crippen LogP contribution in [0.2, 0.25) is 0 Å². The zero-order valence-electron chi connectivity index (χ0n) is 12.8. The fourth-order valence-electron chi connectivity index (χ4n) is 2.06. The summed E-state index contributed by atoms with van der Waals surface area (Å²) in [5.41, 5.74) is 7.43. The predicted molar refractivity (Wildman–Crippen MR) is 88.5 cm³/mol. The molecule has 118 valence electrons. The fraction of sp³-hybridized carbons (Fsp3) is 0.118. The van der Waals surface area contributed by atoms with E-state index in [9.17, 15) is 9.90 Å². The Morgan fingerprint density at radius 3 is 2.30 bits per heavy atom.